The Morgan fingerprint density at radius 2 is 2.33 bits per heavy atom. The van der Waals surface area contributed by atoms with E-state index in [9.17, 15) is 14.9 Å². The number of nitrogen functional groups attached to an aromatic ring is 1. The van der Waals surface area contributed by atoms with Crippen LogP contribution >= 0.6 is 0 Å². The monoisotopic (exact) mass is 294 g/mol. The summed E-state index contributed by atoms with van der Waals surface area (Å²) in [5.41, 5.74) is 2.57. The zero-order valence-electron chi connectivity index (χ0n) is 11.5. The molecule has 1 aliphatic rings. The van der Waals surface area contributed by atoms with E-state index in [4.69, 9.17) is 10.6 Å². The smallest absolute Gasteiger partial charge is 0.282 e. The van der Waals surface area contributed by atoms with E-state index in [1.54, 1.807) is 0 Å². The fourth-order valence-electron chi connectivity index (χ4n) is 2.26. The first-order valence-electron chi connectivity index (χ1n) is 6.73. The fourth-order valence-corrected chi connectivity index (χ4v) is 2.26. The Morgan fingerprint density at radius 1 is 1.52 bits per heavy atom. The lowest BCUT2D eigenvalue weighted by Gasteiger charge is -2.10. The third kappa shape index (κ3) is 3.89. The molecule has 114 valence electrons. The van der Waals surface area contributed by atoms with Gasteiger partial charge in [0, 0.05) is 31.5 Å². The minimum absolute atomic E-state index is 0.00174. The number of amides is 1. The van der Waals surface area contributed by atoms with Crippen LogP contribution in [0.1, 0.15) is 23.2 Å². The Labute approximate surface area is 121 Å². The molecule has 0 aromatic heterocycles. The molecule has 8 heteroatoms. The average molecular weight is 294 g/mol. The topological polar surface area (TPSA) is 120 Å². The lowest BCUT2D eigenvalue weighted by Crippen LogP contribution is -2.27. The maximum atomic E-state index is 12.1. The maximum Gasteiger partial charge on any atom is 0.282 e. The number of carbonyl (C=O) groups excluding carboxylic acids is 1. The van der Waals surface area contributed by atoms with Crippen LogP contribution in [0.5, 0.6) is 0 Å². The zero-order chi connectivity index (χ0) is 15.2. The Bertz CT molecular complexity index is 529. The number of rotatable bonds is 6. The van der Waals surface area contributed by atoms with Crippen molar-refractivity contribution in [3.63, 3.8) is 0 Å². The third-order valence-corrected chi connectivity index (χ3v) is 3.47. The van der Waals surface area contributed by atoms with Crippen LogP contribution in [0.3, 0.4) is 0 Å². The van der Waals surface area contributed by atoms with Crippen molar-refractivity contribution in [1.82, 2.24) is 5.32 Å². The van der Waals surface area contributed by atoms with Gasteiger partial charge in [0.15, 0.2) is 0 Å². The Morgan fingerprint density at radius 3 is 2.95 bits per heavy atom. The minimum Gasteiger partial charge on any atom is -0.381 e. The molecule has 8 nitrogen and oxygen atoms in total. The number of nitro groups is 1. The highest BCUT2D eigenvalue weighted by Gasteiger charge is 2.21. The summed E-state index contributed by atoms with van der Waals surface area (Å²) < 4.78 is 5.26. The van der Waals surface area contributed by atoms with E-state index in [0.29, 0.717) is 24.8 Å². The van der Waals surface area contributed by atoms with Crippen LogP contribution < -0.4 is 16.6 Å². The fraction of sp³-hybridized carbons (Fsp3) is 0.462. The molecule has 1 fully saturated rings. The van der Waals surface area contributed by atoms with Crippen molar-refractivity contribution in [2.75, 3.05) is 25.2 Å². The molecule has 0 aliphatic carbocycles. The average Bonchev–Trinajstić information content (AvgIpc) is 2.99. The predicted molar refractivity (Wildman–Crippen MR) is 76.8 cm³/mol. The van der Waals surface area contributed by atoms with Crippen LogP contribution in [-0.4, -0.2) is 30.6 Å². The second-order valence-corrected chi connectivity index (χ2v) is 4.91. The summed E-state index contributed by atoms with van der Waals surface area (Å²) in [5, 5.41) is 13.7. The normalized spacial score (nSPS) is 17.5. The highest BCUT2D eigenvalue weighted by atomic mass is 16.6. The number of hydrogen-bond acceptors (Lipinski definition) is 6. The molecule has 2 rings (SSSR count). The first kappa shape index (κ1) is 15.2. The van der Waals surface area contributed by atoms with Crippen molar-refractivity contribution in [3.8, 4) is 0 Å². The zero-order valence-corrected chi connectivity index (χ0v) is 11.5. The van der Waals surface area contributed by atoms with E-state index in [2.05, 4.69) is 10.7 Å². The van der Waals surface area contributed by atoms with Gasteiger partial charge in [0.25, 0.3) is 11.6 Å². The van der Waals surface area contributed by atoms with Crippen molar-refractivity contribution in [1.29, 1.82) is 0 Å². The Balaban J connectivity index is 2.00. The molecule has 1 saturated heterocycles. The number of benzene rings is 1. The molecular formula is C13H18N4O4. The van der Waals surface area contributed by atoms with Crippen LogP contribution in [0.4, 0.5) is 11.4 Å². The van der Waals surface area contributed by atoms with Crippen molar-refractivity contribution in [3.05, 3.63) is 33.9 Å². The molecule has 1 amide bonds. The number of nitrogens with one attached hydrogen (secondary N) is 2. The highest BCUT2D eigenvalue weighted by molar-refractivity contribution is 5.99. The largest absolute Gasteiger partial charge is 0.381 e. The van der Waals surface area contributed by atoms with Crippen molar-refractivity contribution < 1.29 is 14.5 Å². The molecule has 4 N–H and O–H groups in total. The summed E-state index contributed by atoms with van der Waals surface area (Å²) in [7, 11) is 0. The van der Waals surface area contributed by atoms with Gasteiger partial charge in [-0.05, 0) is 30.9 Å². The second-order valence-electron chi connectivity index (χ2n) is 4.91. The summed E-state index contributed by atoms with van der Waals surface area (Å²) in [6, 6.07) is 4.08. The summed E-state index contributed by atoms with van der Waals surface area (Å²) >= 11 is 0. The summed E-state index contributed by atoms with van der Waals surface area (Å²) in [6.45, 7) is 1.93. The van der Waals surface area contributed by atoms with Gasteiger partial charge in [-0.2, -0.15) is 0 Å². The third-order valence-electron chi connectivity index (χ3n) is 3.47. The molecule has 1 aliphatic heterocycles. The molecule has 0 radical (unpaired) electrons. The van der Waals surface area contributed by atoms with Gasteiger partial charge in [0.1, 0.15) is 5.56 Å². The summed E-state index contributed by atoms with van der Waals surface area (Å²) in [6.07, 6.45) is 1.79. The van der Waals surface area contributed by atoms with Crippen LogP contribution in [0.2, 0.25) is 0 Å². The van der Waals surface area contributed by atoms with Gasteiger partial charge in [-0.15, -0.1) is 0 Å². The van der Waals surface area contributed by atoms with Gasteiger partial charge in [0.05, 0.1) is 4.92 Å². The summed E-state index contributed by atoms with van der Waals surface area (Å²) in [5.74, 6) is 5.23. The van der Waals surface area contributed by atoms with E-state index in [1.807, 2.05) is 0 Å². The second kappa shape index (κ2) is 7.00. The lowest BCUT2D eigenvalue weighted by molar-refractivity contribution is -0.385. The first-order chi connectivity index (χ1) is 10.1. The molecule has 1 unspecified atom stereocenters. The number of nitrogens with zero attached hydrogens (tertiary/aromatic N) is 1. The van der Waals surface area contributed by atoms with Gasteiger partial charge >= 0.3 is 0 Å². The van der Waals surface area contributed by atoms with Crippen LogP contribution in [0.15, 0.2) is 18.2 Å². The first-order valence-corrected chi connectivity index (χ1v) is 6.73. The molecule has 1 heterocycles. The van der Waals surface area contributed by atoms with E-state index in [0.717, 1.165) is 19.4 Å². The van der Waals surface area contributed by atoms with Gasteiger partial charge < -0.3 is 15.5 Å². The molecular weight excluding hydrogens is 276 g/mol. The van der Waals surface area contributed by atoms with E-state index in [1.165, 1.54) is 18.2 Å². The van der Waals surface area contributed by atoms with Gasteiger partial charge in [-0.25, -0.2) is 0 Å². The molecule has 0 bridgehead atoms. The Hall–Kier alpha value is -2.19. The number of hydrogen-bond donors (Lipinski definition) is 3. The molecule has 1 aromatic carbocycles. The molecule has 1 aromatic rings. The van der Waals surface area contributed by atoms with Gasteiger partial charge in [-0.1, -0.05) is 0 Å². The SMILES string of the molecule is NNc1ccc([N+](=O)[O-])c(C(=O)NCCC2CCOC2)c1. The van der Waals surface area contributed by atoms with E-state index >= 15 is 0 Å². The number of carbonyl (C=O) groups is 1. The van der Waals surface area contributed by atoms with Crippen LogP contribution in [0.25, 0.3) is 0 Å². The quantitative estimate of drug-likeness (QED) is 0.409. The van der Waals surface area contributed by atoms with E-state index in [-0.39, 0.29) is 11.3 Å². The number of nitrogens with two attached hydrogens (primary N) is 1. The Kier molecular flexibility index (Phi) is 5.07. The molecule has 21 heavy (non-hydrogen) atoms. The number of ether oxygens (including phenoxy) is 1. The number of nitro benzene ring substituents is 1. The number of hydrazine groups is 1. The maximum absolute atomic E-state index is 12.1. The van der Waals surface area contributed by atoms with Crippen molar-refractivity contribution in [2.24, 2.45) is 11.8 Å². The standard InChI is InChI=1S/C13H18N4O4/c14-16-10-1-2-12(17(19)20)11(7-10)13(18)15-5-3-9-4-6-21-8-9/h1-2,7,9,16H,3-6,8,14H2,(H,15,18). The van der Waals surface area contributed by atoms with Crippen molar-refractivity contribution >= 4 is 17.3 Å². The van der Waals surface area contributed by atoms with Gasteiger partial charge in [-0.3, -0.25) is 20.8 Å². The van der Waals surface area contributed by atoms with Gasteiger partial charge in [0.2, 0.25) is 0 Å². The predicted octanol–water partition coefficient (Wildman–Crippen LogP) is 1.04. The minimum atomic E-state index is -0.583. The van der Waals surface area contributed by atoms with Crippen LogP contribution in [-0.2, 0) is 4.74 Å². The van der Waals surface area contributed by atoms with E-state index < -0.39 is 10.8 Å². The van der Waals surface area contributed by atoms with Crippen LogP contribution in [0, 0.1) is 16.0 Å². The molecule has 0 saturated carbocycles. The highest BCUT2D eigenvalue weighted by Crippen LogP contribution is 2.22. The number of anilines is 1. The summed E-state index contributed by atoms with van der Waals surface area (Å²) in [4.78, 5) is 22.5. The molecule has 1 atom stereocenters. The lowest BCUT2D eigenvalue weighted by atomic mass is 10.1. The van der Waals surface area contributed by atoms with Crippen molar-refractivity contribution in [2.45, 2.75) is 12.8 Å². The molecule has 0 spiro atoms.